The highest BCUT2D eigenvalue weighted by molar-refractivity contribution is 6.33. The lowest BCUT2D eigenvalue weighted by atomic mass is 10.0. The van der Waals surface area contributed by atoms with E-state index in [0.29, 0.717) is 0 Å². The third-order valence-electron chi connectivity index (χ3n) is 9.92. The number of hydrogen-bond donors (Lipinski definition) is 0. The smallest absolute Gasteiger partial charge is 0.0547 e. The molecule has 48 heavy (non-hydrogen) atoms. The lowest BCUT2D eigenvalue weighted by Gasteiger charge is -2.26. The van der Waals surface area contributed by atoms with Crippen molar-refractivity contribution in [2.75, 3.05) is 4.90 Å². The number of hydrogen-bond acceptors (Lipinski definition) is 1. The molecule has 0 spiro atoms. The summed E-state index contributed by atoms with van der Waals surface area (Å²) in [6.07, 6.45) is 0. The maximum atomic E-state index is 2.43. The molecular weight excluding hydrogens is 581 g/mol. The van der Waals surface area contributed by atoms with E-state index in [-0.39, 0.29) is 0 Å². The Morgan fingerprint density at radius 3 is 1.46 bits per heavy atom. The third kappa shape index (κ3) is 4.06. The predicted molar refractivity (Wildman–Crippen MR) is 203 cm³/mol. The van der Waals surface area contributed by atoms with Crippen LogP contribution in [0, 0.1) is 0 Å². The summed E-state index contributed by atoms with van der Waals surface area (Å²) < 4.78 is 2.43. The molecule has 224 valence electrons. The highest BCUT2D eigenvalue weighted by atomic mass is 15.1. The van der Waals surface area contributed by atoms with Gasteiger partial charge in [0.2, 0.25) is 0 Å². The molecule has 0 amide bonds. The van der Waals surface area contributed by atoms with Crippen LogP contribution in [0.1, 0.15) is 0 Å². The summed E-state index contributed by atoms with van der Waals surface area (Å²) >= 11 is 0. The molecule has 2 nitrogen and oxygen atoms in total. The van der Waals surface area contributed by atoms with E-state index >= 15 is 0 Å². The number of anilines is 3. The molecule has 0 aliphatic heterocycles. The Morgan fingerprint density at radius 1 is 0.312 bits per heavy atom. The van der Waals surface area contributed by atoms with Gasteiger partial charge in [0, 0.05) is 33.5 Å². The zero-order chi connectivity index (χ0) is 31.6. The van der Waals surface area contributed by atoms with E-state index in [0.717, 1.165) is 17.1 Å². The SMILES string of the molecule is c1ccc(-c2ccc(N(c3ccccc3)c3ccc(-c4ccc(-n5c6cccc7c6c6c8c-7cccc8ccc65)cc4)cc3)cc2)cc1. The van der Waals surface area contributed by atoms with Crippen molar-refractivity contribution >= 4 is 49.6 Å². The van der Waals surface area contributed by atoms with Crippen molar-refractivity contribution in [1.29, 1.82) is 0 Å². The van der Waals surface area contributed by atoms with E-state index in [9.17, 15) is 0 Å². The molecule has 2 heteroatoms. The summed E-state index contributed by atoms with van der Waals surface area (Å²) in [5.74, 6) is 0. The number of aromatic nitrogens is 1. The summed E-state index contributed by atoms with van der Waals surface area (Å²) in [5, 5.41) is 5.44. The minimum Gasteiger partial charge on any atom is -0.311 e. The van der Waals surface area contributed by atoms with Crippen molar-refractivity contribution in [3.63, 3.8) is 0 Å². The zero-order valence-corrected chi connectivity index (χ0v) is 26.2. The van der Waals surface area contributed by atoms with Gasteiger partial charge in [0.1, 0.15) is 0 Å². The van der Waals surface area contributed by atoms with Crippen LogP contribution in [0.3, 0.4) is 0 Å². The van der Waals surface area contributed by atoms with Crippen molar-refractivity contribution in [1.82, 2.24) is 4.57 Å². The van der Waals surface area contributed by atoms with Gasteiger partial charge in [-0.25, -0.2) is 0 Å². The molecule has 8 aromatic carbocycles. The predicted octanol–water partition coefficient (Wildman–Crippen LogP) is 12.7. The summed E-state index contributed by atoms with van der Waals surface area (Å²) in [6.45, 7) is 0. The fourth-order valence-corrected chi connectivity index (χ4v) is 7.72. The summed E-state index contributed by atoms with van der Waals surface area (Å²) in [6, 6.07) is 65.9. The lowest BCUT2D eigenvalue weighted by molar-refractivity contribution is 1.18. The second-order valence-corrected chi connectivity index (χ2v) is 12.6. The van der Waals surface area contributed by atoms with Crippen LogP contribution in [-0.4, -0.2) is 4.57 Å². The molecule has 0 atom stereocenters. The number of para-hydroxylation sites is 1. The average molecular weight is 611 g/mol. The molecule has 0 saturated heterocycles. The molecule has 1 heterocycles. The van der Waals surface area contributed by atoms with Crippen molar-refractivity contribution < 1.29 is 0 Å². The maximum absolute atomic E-state index is 2.43. The Bertz CT molecular complexity index is 2620. The van der Waals surface area contributed by atoms with Gasteiger partial charge in [-0.2, -0.15) is 0 Å². The second kappa shape index (κ2) is 10.6. The molecule has 0 radical (unpaired) electrons. The van der Waals surface area contributed by atoms with Gasteiger partial charge < -0.3 is 9.47 Å². The van der Waals surface area contributed by atoms with E-state index in [4.69, 9.17) is 0 Å². The maximum Gasteiger partial charge on any atom is 0.0547 e. The van der Waals surface area contributed by atoms with E-state index in [2.05, 4.69) is 191 Å². The molecule has 0 N–H and O–H groups in total. The number of nitrogens with zero attached hydrogens (tertiary/aromatic N) is 2. The number of rotatable bonds is 6. The molecule has 0 fully saturated rings. The first kappa shape index (κ1) is 26.8. The van der Waals surface area contributed by atoms with Crippen LogP contribution in [0.4, 0.5) is 17.1 Å². The van der Waals surface area contributed by atoms with E-state index in [1.54, 1.807) is 0 Å². The van der Waals surface area contributed by atoms with Crippen LogP contribution < -0.4 is 4.90 Å². The van der Waals surface area contributed by atoms with E-state index in [1.807, 2.05) is 0 Å². The van der Waals surface area contributed by atoms with Gasteiger partial charge >= 0.3 is 0 Å². The second-order valence-electron chi connectivity index (χ2n) is 12.6. The van der Waals surface area contributed by atoms with Gasteiger partial charge in [0.05, 0.1) is 11.0 Å². The van der Waals surface area contributed by atoms with Gasteiger partial charge in [-0.05, 0) is 105 Å². The van der Waals surface area contributed by atoms with Crippen molar-refractivity contribution in [2.24, 2.45) is 0 Å². The van der Waals surface area contributed by atoms with Crippen molar-refractivity contribution in [3.8, 4) is 39.1 Å². The summed E-state index contributed by atoms with van der Waals surface area (Å²) in [4.78, 5) is 2.32. The van der Waals surface area contributed by atoms with Gasteiger partial charge in [0.25, 0.3) is 0 Å². The first-order valence-electron chi connectivity index (χ1n) is 16.5. The Labute approximate surface area is 279 Å². The zero-order valence-electron chi connectivity index (χ0n) is 26.2. The van der Waals surface area contributed by atoms with E-state index < -0.39 is 0 Å². The molecule has 1 aliphatic rings. The minimum absolute atomic E-state index is 1.12. The quantitative estimate of drug-likeness (QED) is 0.182. The largest absolute Gasteiger partial charge is 0.311 e. The first-order chi connectivity index (χ1) is 23.8. The van der Waals surface area contributed by atoms with Crippen LogP contribution in [0.25, 0.3) is 71.6 Å². The summed E-state index contributed by atoms with van der Waals surface area (Å²) in [7, 11) is 0. The molecule has 0 saturated carbocycles. The van der Waals surface area contributed by atoms with Crippen LogP contribution in [0.15, 0.2) is 182 Å². The molecule has 10 rings (SSSR count). The standard InChI is InChI=1S/C46H30N2/c1-3-9-31(10-4-1)32-17-24-37(25-18-32)47(36-12-5-2-6-13-36)38-26-19-33(20-27-38)34-21-28-39(29-22-34)48-42-16-8-15-41-40-14-7-11-35-23-30-43(48)46(44(35)40)45(41)42/h1-30H. The number of benzene rings is 8. The van der Waals surface area contributed by atoms with Gasteiger partial charge in [0.15, 0.2) is 0 Å². The molecule has 9 aromatic rings. The Balaban J connectivity index is 0.999. The van der Waals surface area contributed by atoms with Crippen LogP contribution >= 0.6 is 0 Å². The van der Waals surface area contributed by atoms with Crippen molar-refractivity contribution in [2.45, 2.75) is 0 Å². The Hall–Kier alpha value is -6.38. The third-order valence-corrected chi connectivity index (χ3v) is 9.92. The molecule has 0 bridgehead atoms. The number of fused-ring (bicyclic) bond motifs is 1. The van der Waals surface area contributed by atoms with E-state index in [1.165, 1.54) is 71.6 Å². The van der Waals surface area contributed by atoms with Crippen LogP contribution in [0.5, 0.6) is 0 Å². The van der Waals surface area contributed by atoms with Crippen LogP contribution in [0.2, 0.25) is 0 Å². The molecule has 1 aromatic heterocycles. The molecule has 1 aliphatic carbocycles. The fourth-order valence-electron chi connectivity index (χ4n) is 7.72. The van der Waals surface area contributed by atoms with Gasteiger partial charge in [-0.1, -0.05) is 121 Å². The Morgan fingerprint density at radius 2 is 0.812 bits per heavy atom. The normalized spacial score (nSPS) is 11.8. The topological polar surface area (TPSA) is 8.17 Å². The summed E-state index contributed by atoms with van der Waals surface area (Å²) in [5.41, 5.74) is 14.6. The minimum atomic E-state index is 1.12. The molecular formula is C46H30N2. The first-order valence-corrected chi connectivity index (χ1v) is 16.5. The average Bonchev–Trinajstić information content (AvgIpc) is 3.69. The highest BCUT2D eigenvalue weighted by Gasteiger charge is 2.24. The fraction of sp³-hybridized carbons (Fsp3) is 0. The van der Waals surface area contributed by atoms with Crippen LogP contribution in [-0.2, 0) is 0 Å². The lowest BCUT2D eigenvalue weighted by Crippen LogP contribution is -2.09. The monoisotopic (exact) mass is 610 g/mol. The van der Waals surface area contributed by atoms with Gasteiger partial charge in [-0.15, -0.1) is 0 Å². The van der Waals surface area contributed by atoms with Gasteiger partial charge in [-0.3, -0.25) is 0 Å². The Kier molecular flexibility index (Phi) is 5.91. The van der Waals surface area contributed by atoms with Crippen molar-refractivity contribution in [3.05, 3.63) is 182 Å². The molecule has 0 unspecified atom stereocenters. The highest BCUT2D eigenvalue weighted by Crippen LogP contribution is 2.49.